The second-order valence-corrected chi connectivity index (χ2v) is 9.95. The number of likely N-dealkylation sites (tertiary alicyclic amines) is 1. The summed E-state index contributed by atoms with van der Waals surface area (Å²) in [5.74, 6) is 0.100. The highest BCUT2D eigenvalue weighted by Crippen LogP contribution is 2.38. The van der Waals surface area contributed by atoms with Crippen molar-refractivity contribution < 1.29 is 9.59 Å². The molecular weight excluding hydrogens is 418 g/mol. The van der Waals surface area contributed by atoms with Crippen molar-refractivity contribution in [3.8, 4) is 11.1 Å². The van der Waals surface area contributed by atoms with E-state index in [4.69, 9.17) is 0 Å². The molecule has 1 aliphatic heterocycles. The molecule has 0 radical (unpaired) electrons. The molecule has 1 saturated heterocycles. The first-order valence-corrected chi connectivity index (χ1v) is 11.8. The molecule has 4 rings (SSSR count). The van der Waals surface area contributed by atoms with Gasteiger partial charge in [0.25, 0.3) is 5.91 Å². The maximum Gasteiger partial charge on any atom is 0.254 e. The first-order valence-electron chi connectivity index (χ1n) is 10.9. The van der Waals surface area contributed by atoms with E-state index in [0.29, 0.717) is 19.5 Å². The SMILES string of the molecule is Cc1cc(C(=O)N2CCC[C@](Cc3ccccc3-c3cccnc3)(C(=O)N(C)C)C2)cs1. The van der Waals surface area contributed by atoms with Gasteiger partial charge in [0.1, 0.15) is 0 Å². The topological polar surface area (TPSA) is 53.5 Å². The van der Waals surface area contributed by atoms with Gasteiger partial charge in [0.05, 0.1) is 11.0 Å². The van der Waals surface area contributed by atoms with E-state index in [0.717, 1.165) is 40.0 Å². The van der Waals surface area contributed by atoms with Crippen LogP contribution in [0.15, 0.2) is 60.2 Å². The lowest BCUT2D eigenvalue weighted by atomic mass is 9.73. The van der Waals surface area contributed by atoms with Crippen molar-refractivity contribution in [1.82, 2.24) is 14.8 Å². The predicted molar refractivity (Wildman–Crippen MR) is 129 cm³/mol. The molecule has 2 aromatic heterocycles. The van der Waals surface area contributed by atoms with Crippen molar-refractivity contribution in [3.05, 3.63) is 76.2 Å². The summed E-state index contributed by atoms with van der Waals surface area (Å²) in [6.45, 7) is 3.12. The molecule has 0 aliphatic carbocycles. The van der Waals surface area contributed by atoms with Crippen molar-refractivity contribution in [2.75, 3.05) is 27.2 Å². The van der Waals surface area contributed by atoms with Gasteiger partial charge in [-0.05, 0) is 49.4 Å². The Hall–Kier alpha value is -2.99. The van der Waals surface area contributed by atoms with Crippen LogP contribution < -0.4 is 0 Å². The summed E-state index contributed by atoms with van der Waals surface area (Å²) in [5, 5.41) is 1.92. The Morgan fingerprint density at radius 1 is 1.19 bits per heavy atom. The van der Waals surface area contributed by atoms with Gasteiger partial charge in [-0.15, -0.1) is 11.3 Å². The first kappa shape index (κ1) is 22.2. The predicted octanol–water partition coefficient (Wildman–Crippen LogP) is 4.67. The molecule has 1 fully saturated rings. The summed E-state index contributed by atoms with van der Waals surface area (Å²) >= 11 is 1.58. The Balaban J connectivity index is 1.69. The van der Waals surface area contributed by atoms with E-state index in [1.165, 1.54) is 0 Å². The Labute approximate surface area is 193 Å². The second-order valence-electron chi connectivity index (χ2n) is 8.83. The van der Waals surface area contributed by atoms with E-state index in [-0.39, 0.29) is 11.8 Å². The van der Waals surface area contributed by atoms with Crippen molar-refractivity contribution >= 4 is 23.2 Å². The van der Waals surface area contributed by atoms with Crippen LogP contribution >= 0.6 is 11.3 Å². The van der Waals surface area contributed by atoms with Crippen LogP contribution in [0.3, 0.4) is 0 Å². The number of piperidine rings is 1. The number of aromatic nitrogens is 1. The molecule has 0 unspecified atom stereocenters. The van der Waals surface area contributed by atoms with E-state index < -0.39 is 5.41 Å². The molecule has 166 valence electrons. The number of rotatable bonds is 5. The van der Waals surface area contributed by atoms with E-state index in [1.807, 2.05) is 53.7 Å². The normalized spacial score (nSPS) is 18.4. The summed E-state index contributed by atoms with van der Waals surface area (Å²) < 4.78 is 0. The highest BCUT2D eigenvalue weighted by atomic mass is 32.1. The fourth-order valence-corrected chi connectivity index (χ4v) is 5.43. The zero-order valence-electron chi connectivity index (χ0n) is 18.9. The molecule has 3 heterocycles. The number of hydrogen-bond donors (Lipinski definition) is 0. The third kappa shape index (κ3) is 4.46. The quantitative estimate of drug-likeness (QED) is 0.571. The van der Waals surface area contributed by atoms with Crippen LogP contribution in [-0.2, 0) is 11.2 Å². The Kier molecular flexibility index (Phi) is 6.42. The summed E-state index contributed by atoms with van der Waals surface area (Å²) in [6, 6.07) is 14.1. The molecule has 1 atom stereocenters. The zero-order chi connectivity index (χ0) is 22.7. The monoisotopic (exact) mass is 447 g/mol. The molecule has 1 aliphatic rings. The number of hydrogen-bond acceptors (Lipinski definition) is 4. The van der Waals surface area contributed by atoms with Gasteiger partial charge in [-0.1, -0.05) is 30.3 Å². The number of nitrogens with zero attached hydrogens (tertiary/aromatic N) is 3. The summed E-state index contributed by atoms with van der Waals surface area (Å²) in [5.41, 5.74) is 3.30. The molecule has 0 bridgehead atoms. The molecule has 0 spiro atoms. The minimum Gasteiger partial charge on any atom is -0.348 e. The van der Waals surface area contributed by atoms with Crippen LogP contribution in [0.4, 0.5) is 0 Å². The number of amides is 2. The number of carbonyl (C=O) groups is 2. The third-order valence-corrected chi connectivity index (χ3v) is 7.08. The highest BCUT2D eigenvalue weighted by Gasteiger charge is 2.44. The highest BCUT2D eigenvalue weighted by molar-refractivity contribution is 7.10. The second kappa shape index (κ2) is 9.25. The number of benzene rings is 1. The van der Waals surface area contributed by atoms with Crippen molar-refractivity contribution in [2.24, 2.45) is 5.41 Å². The summed E-state index contributed by atoms with van der Waals surface area (Å²) in [4.78, 5) is 35.7. The number of aryl methyl sites for hydroxylation is 1. The van der Waals surface area contributed by atoms with Gasteiger partial charge in [-0.25, -0.2) is 0 Å². The van der Waals surface area contributed by atoms with Gasteiger partial charge in [-0.2, -0.15) is 0 Å². The standard InChI is InChI=1S/C26H29N3O2S/c1-19-14-22(17-32-19)24(30)29-13-7-11-26(18-29,25(31)28(2)3)15-20-8-4-5-10-23(20)21-9-6-12-27-16-21/h4-6,8-10,12,14,16-17H,7,11,13,15,18H2,1-3H3/t26-/m1/s1. The van der Waals surface area contributed by atoms with Crippen LogP contribution in [-0.4, -0.2) is 53.8 Å². The molecule has 1 aromatic carbocycles. The zero-order valence-corrected chi connectivity index (χ0v) is 19.7. The molecular formula is C26H29N3O2S. The minimum absolute atomic E-state index is 0.0190. The number of thiophene rings is 1. The van der Waals surface area contributed by atoms with Gasteiger partial charge >= 0.3 is 0 Å². The first-order chi connectivity index (χ1) is 15.4. The summed E-state index contributed by atoms with van der Waals surface area (Å²) in [7, 11) is 3.61. The van der Waals surface area contributed by atoms with Gasteiger partial charge < -0.3 is 9.80 Å². The Bertz CT molecular complexity index is 1110. The van der Waals surface area contributed by atoms with Gasteiger partial charge in [0, 0.05) is 55.4 Å². The maximum atomic E-state index is 13.6. The smallest absolute Gasteiger partial charge is 0.254 e. The average molecular weight is 448 g/mol. The molecule has 2 amide bonds. The minimum atomic E-state index is -0.652. The fraction of sp³-hybridized carbons (Fsp3) is 0.346. The van der Waals surface area contributed by atoms with E-state index >= 15 is 0 Å². The van der Waals surface area contributed by atoms with Crippen molar-refractivity contribution in [2.45, 2.75) is 26.2 Å². The van der Waals surface area contributed by atoms with E-state index in [9.17, 15) is 9.59 Å². The lowest BCUT2D eigenvalue weighted by Gasteiger charge is -2.43. The maximum absolute atomic E-state index is 13.6. The fourth-order valence-electron chi connectivity index (χ4n) is 4.75. The van der Waals surface area contributed by atoms with Crippen LogP contribution in [0.2, 0.25) is 0 Å². The number of pyridine rings is 1. The lowest BCUT2D eigenvalue weighted by molar-refractivity contribution is -0.142. The number of carbonyl (C=O) groups excluding carboxylic acids is 2. The Morgan fingerprint density at radius 3 is 2.69 bits per heavy atom. The molecule has 5 nitrogen and oxygen atoms in total. The van der Waals surface area contributed by atoms with Crippen LogP contribution in [0.1, 0.15) is 33.6 Å². The third-order valence-electron chi connectivity index (χ3n) is 6.22. The molecule has 0 saturated carbocycles. The lowest BCUT2D eigenvalue weighted by Crippen LogP contribution is -2.54. The van der Waals surface area contributed by atoms with Gasteiger partial charge in [-0.3, -0.25) is 14.6 Å². The van der Waals surface area contributed by atoms with Crippen molar-refractivity contribution in [1.29, 1.82) is 0 Å². The molecule has 6 heteroatoms. The van der Waals surface area contributed by atoms with Crippen LogP contribution in [0.25, 0.3) is 11.1 Å². The van der Waals surface area contributed by atoms with Crippen LogP contribution in [0.5, 0.6) is 0 Å². The summed E-state index contributed by atoms with van der Waals surface area (Å²) in [6.07, 6.45) is 5.78. The van der Waals surface area contributed by atoms with Gasteiger partial charge in [0.15, 0.2) is 0 Å². The molecule has 0 N–H and O–H groups in total. The molecule has 3 aromatic rings. The largest absolute Gasteiger partial charge is 0.348 e. The average Bonchev–Trinajstić information content (AvgIpc) is 3.25. The Morgan fingerprint density at radius 2 is 2.00 bits per heavy atom. The van der Waals surface area contributed by atoms with Crippen molar-refractivity contribution in [3.63, 3.8) is 0 Å². The molecule has 32 heavy (non-hydrogen) atoms. The van der Waals surface area contributed by atoms with E-state index in [2.05, 4.69) is 17.1 Å². The van der Waals surface area contributed by atoms with E-state index in [1.54, 1.807) is 36.5 Å². The van der Waals surface area contributed by atoms with Crippen LogP contribution in [0, 0.1) is 12.3 Å². The van der Waals surface area contributed by atoms with Gasteiger partial charge in [0.2, 0.25) is 5.91 Å².